The number of aryl methyl sites for hydroxylation is 2. The lowest BCUT2D eigenvalue weighted by Gasteiger charge is -2.15. The van der Waals surface area contributed by atoms with Crippen LogP contribution in [0.4, 0.5) is 0 Å². The predicted octanol–water partition coefficient (Wildman–Crippen LogP) is 3.50. The molecule has 1 aliphatic rings. The molecule has 2 N–H and O–H groups in total. The van der Waals surface area contributed by atoms with Gasteiger partial charge in [-0.2, -0.15) is 0 Å². The Morgan fingerprint density at radius 3 is 2.62 bits per heavy atom. The summed E-state index contributed by atoms with van der Waals surface area (Å²) in [6, 6.07) is 13.9. The summed E-state index contributed by atoms with van der Waals surface area (Å²) in [5.41, 5.74) is 4.23. The second-order valence-electron chi connectivity index (χ2n) is 6.16. The fourth-order valence-corrected chi connectivity index (χ4v) is 3.19. The predicted molar refractivity (Wildman–Crippen MR) is 91.3 cm³/mol. The molecule has 0 radical (unpaired) electrons. The van der Waals surface area contributed by atoms with Gasteiger partial charge in [-0.1, -0.05) is 30.3 Å². The molecule has 0 aromatic heterocycles. The summed E-state index contributed by atoms with van der Waals surface area (Å²) in [5, 5.41) is 19.3. The van der Waals surface area contributed by atoms with Crippen LogP contribution in [0.1, 0.15) is 47.6 Å². The number of aliphatic hydroxyl groups excluding tert-OH is 1. The van der Waals surface area contributed by atoms with Crippen LogP contribution < -0.4 is 4.74 Å². The van der Waals surface area contributed by atoms with Crippen LogP contribution in [-0.2, 0) is 17.6 Å². The summed E-state index contributed by atoms with van der Waals surface area (Å²) >= 11 is 0. The van der Waals surface area contributed by atoms with Crippen LogP contribution in [0, 0.1) is 0 Å². The Hall–Kier alpha value is -2.33. The van der Waals surface area contributed by atoms with Gasteiger partial charge in [-0.25, -0.2) is 0 Å². The quantitative estimate of drug-likeness (QED) is 0.797. The molecule has 1 atom stereocenters. The van der Waals surface area contributed by atoms with Crippen molar-refractivity contribution in [1.29, 1.82) is 0 Å². The van der Waals surface area contributed by atoms with E-state index in [-0.39, 0.29) is 6.42 Å². The van der Waals surface area contributed by atoms with Gasteiger partial charge in [-0.15, -0.1) is 0 Å². The van der Waals surface area contributed by atoms with Gasteiger partial charge in [0.25, 0.3) is 0 Å². The molecule has 0 fully saturated rings. The van der Waals surface area contributed by atoms with Crippen LogP contribution in [0.2, 0.25) is 0 Å². The Kier molecular flexibility index (Phi) is 5.16. The van der Waals surface area contributed by atoms with E-state index in [1.165, 1.54) is 5.56 Å². The van der Waals surface area contributed by atoms with Crippen molar-refractivity contribution >= 4 is 5.97 Å². The van der Waals surface area contributed by atoms with Crippen molar-refractivity contribution in [2.75, 3.05) is 6.61 Å². The Balaban J connectivity index is 1.67. The number of unbranched alkanes of at least 4 members (excludes halogenated alkanes) is 1. The van der Waals surface area contributed by atoms with Gasteiger partial charge in [-0.05, 0) is 60.1 Å². The van der Waals surface area contributed by atoms with E-state index in [4.69, 9.17) is 9.84 Å². The summed E-state index contributed by atoms with van der Waals surface area (Å²) in [4.78, 5) is 10.5. The van der Waals surface area contributed by atoms with Crippen molar-refractivity contribution in [2.45, 2.75) is 38.2 Å². The number of fused-ring (bicyclic) bond motifs is 2. The molecule has 0 spiro atoms. The zero-order valence-corrected chi connectivity index (χ0v) is 13.6. The third kappa shape index (κ3) is 3.77. The largest absolute Gasteiger partial charge is 0.494 e. The number of rotatable bonds is 6. The molecule has 4 nitrogen and oxygen atoms in total. The van der Waals surface area contributed by atoms with E-state index in [0.29, 0.717) is 13.0 Å². The second-order valence-corrected chi connectivity index (χ2v) is 6.16. The minimum atomic E-state index is -0.770. The number of carbonyl (C=O) groups is 1. The fraction of sp³-hybridized carbons (Fsp3) is 0.350. The molecule has 4 heteroatoms. The number of hydrogen-bond acceptors (Lipinski definition) is 3. The fourth-order valence-electron chi connectivity index (χ4n) is 3.19. The molecule has 2 aromatic carbocycles. The monoisotopic (exact) mass is 326 g/mol. The van der Waals surface area contributed by atoms with Crippen molar-refractivity contribution in [3.8, 4) is 5.75 Å². The minimum absolute atomic E-state index is 0.179. The summed E-state index contributed by atoms with van der Waals surface area (Å²) in [6.07, 6.45) is 2.70. The summed E-state index contributed by atoms with van der Waals surface area (Å²) in [5.74, 6) is 0.0100. The van der Waals surface area contributed by atoms with Crippen molar-refractivity contribution in [3.05, 3.63) is 64.7 Å². The maximum atomic E-state index is 10.7. The van der Waals surface area contributed by atoms with E-state index < -0.39 is 12.1 Å². The average Bonchev–Trinajstić information content (AvgIpc) is 2.72. The van der Waals surface area contributed by atoms with Gasteiger partial charge in [0.15, 0.2) is 0 Å². The lowest BCUT2D eigenvalue weighted by Crippen LogP contribution is -2.04. The molecule has 0 bridgehead atoms. The lowest BCUT2D eigenvalue weighted by atomic mass is 9.97. The molecular weight excluding hydrogens is 304 g/mol. The number of aliphatic hydroxyl groups is 1. The van der Waals surface area contributed by atoms with Gasteiger partial charge in [0.05, 0.1) is 6.61 Å². The molecule has 2 aromatic rings. The molecule has 0 heterocycles. The van der Waals surface area contributed by atoms with Gasteiger partial charge in [0, 0.05) is 6.42 Å². The van der Waals surface area contributed by atoms with E-state index in [2.05, 4.69) is 6.07 Å². The molecule has 0 saturated carbocycles. The van der Waals surface area contributed by atoms with Gasteiger partial charge in [-0.3, -0.25) is 4.79 Å². The van der Waals surface area contributed by atoms with Crippen LogP contribution in [0.15, 0.2) is 42.5 Å². The van der Waals surface area contributed by atoms with E-state index in [0.717, 1.165) is 41.7 Å². The molecule has 1 aliphatic carbocycles. The van der Waals surface area contributed by atoms with Crippen molar-refractivity contribution in [1.82, 2.24) is 0 Å². The van der Waals surface area contributed by atoms with E-state index >= 15 is 0 Å². The van der Waals surface area contributed by atoms with E-state index in [1.807, 2.05) is 36.4 Å². The lowest BCUT2D eigenvalue weighted by molar-refractivity contribution is -0.137. The van der Waals surface area contributed by atoms with Gasteiger partial charge >= 0.3 is 5.97 Å². The zero-order valence-electron chi connectivity index (χ0n) is 13.6. The molecule has 1 unspecified atom stereocenters. The van der Waals surface area contributed by atoms with E-state index in [9.17, 15) is 9.90 Å². The topological polar surface area (TPSA) is 66.8 Å². The molecular formula is C20H22O4. The summed E-state index contributed by atoms with van der Waals surface area (Å²) in [6.45, 7) is 0.509. The highest BCUT2D eigenvalue weighted by Gasteiger charge is 2.21. The van der Waals surface area contributed by atoms with Gasteiger partial charge in [0.1, 0.15) is 11.9 Å². The molecule has 0 amide bonds. The third-order valence-electron chi connectivity index (χ3n) is 4.48. The molecule has 3 rings (SSSR count). The zero-order chi connectivity index (χ0) is 16.9. The smallest absolute Gasteiger partial charge is 0.303 e. The first kappa shape index (κ1) is 16.5. The molecule has 24 heavy (non-hydrogen) atoms. The molecule has 126 valence electrons. The highest BCUT2D eigenvalue weighted by atomic mass is 16.5. The Labute approximate surface area is 141 Å². The maximum Gasteiger partial charge on any atom is 0.303 e. The highest BCUT2D eigenvalue weighted by molar-refractivity contribution is 5.66. The number of benzene rings is 2. The Bertz CT molecular complexity index is 723. The van der Waals surface area contributed by atoms with Crippen LogP contribution >= 0.6 is 0 Å². The number of hydrogen-bond donors (Lipinski definition) is 2. The number of carboxylic acid groups (broad SMARTS) is 1. The van der Waals surface area contributed by atoms with Crippen LogP contribution in [-0.4, -0.2) is 22.8 Å². The van der Waals surface area contributed by atoms with Crippen LogP contribution in [0.25, 0.3) is 0 Å². The van der Waals surface area contributed by atoms with Gasteiger partial charge < -0.3 is 14.9 Å². The summed E-state index contributed by atoms with van der Waals surface area (Å²) < 4.78 is 5.73. The van der Waals surface area contributed by atoms with Crippen molar-refractivity contribution < 1.29 is 19.7 Å². The maximum absolute atomic E-state index is 10.7. The van der Waals surface area contributed by atoms with Gasteiger partial charge in [0.2, 0.25) is 0 Å². The normalized spacial score (nSPS) is 16.0. The Morgan fingerprint density at radius 2 is 1.79 bits per heavy atom. The van der Waals surface area contributed by atoms with Crippen molar-refractivity contribution in [2.24, 2.45) is 0 Å². The Morgan fingerprint density at radius 1 is 1.04 bits per heavy atom. The first-order valence-corrected chi connectivity index (χ1v) is 8.38. The SMILES string of the molecule is O=C(O)CCCCOc1ccc2c(c1)CCc1ccccc1C2O. The number of aliphatic carboxylic acids is 1. The summed E-state index contributed by atoms with van der Waals surface area (Å²) in [7, 11) is 0. The average molecular weight is 326 g/mol. The second kappa shape index (κ2) is 7.49. The standard InChI is InChI=1S/C20H22O4/c21-19(22)7-3-4-12-24-16-10-11-18-15(13-16)9-8-14-5-1-2-6-17(14)20(18)23/h1-2,5-6,10-11,13,20,23H,3-4,7-9,12H2,(H,21,22). The number of carboxylic acids is 1. The molecule has 0 saturated heterocycles. The highest BCUT2D eigenvalue weighted by Crippen LogP contribution is 2.34. The minimum Gasteiger partial charge on any atom is -0.494 e. The van der Waals surface area contributed by atoms with Crippen LogP contribution in [0.3, 0.4) is 0 Å². The molecule has 0 aliphatic heterocycles. The van der Waals surface area contributed by atoms with E-state index in [1.54, 1.807) is 0 Å². The first-order valence-electron chi connectivity index (χ1n) is 8.38. The van der Waals surface area contributed by atoms with Crippen molar-refractivity contribution in [3.63, 3.8) is 0 Å². The first-order chi connectivity index (χ1) is 11.6. The number of ether oxygens (including phenoxy) is 1. The third-order valence-corrected chi connectivity index (χ3v) is 4.48. The van der Waals surface area contributed by atoms with Crippen LogP contribution in [0.5, 0.6) is 5.75 Å².